The monoisotopic (exact) mass is 262 g/mol. The van der Waals surface area contributed by atoms with Gasteiger partial charge in [-0.05, 0) is 11.6 Å². The van der Waals surface area contributed by atoms with Crippen molar-refractivity contribution in [3.8, 4) is 0 Å². The van der Waals surface area contributed by atoms with Crippen molar-refractivity contribution in [1.82, 2.24) is 0 Å². The Balaban J connectivity index is 1.92. The van der Waals surface area contributed by atoms with Crippen molar-refractivity contribution in [1.29, 1.82) is 0 Å². The van der Waals surface area contributed by atoms with Gasteiger partial charge in [0.2, 0.25) is 0 Å². The third-order valence-electron chi connectivity index (χ3n) is 3.09. The molecule has 2 N–H and O–H groups in total. The lowest BCUT2D eigenvalue weighted by atomic mass is 10.0. The summed E-state index contributed by atoms with van der Waals surface area (Å²) in [6.07, 6.45) is 0. The van der Waals surface area contributed by atoms with E-state index in [1.807, 2.05) is 18.2 Å². The van der Waals surface area contributed by atoms with Crippen LogP contribution >= 0.6 is 11.6 Å². The molecule has 0 saturated carbocycles. The Hall–Kier alpha value is -1.74. The molecule has 2 aromatic rings. The molecule has 1 aliphatic rings. The molecule has 0 amide bonds. The van der Waals surface area contributed by atoms with Crippen LogP contribution in [0, 0.1) is 5.82 Å². The molecule has 0 spiro atoms. The molecule has 92 valence electrons. The molecule has 0 bridgehead atoms. The molecular formula is C14H12ClFN2. The van der Waals surface area contributed by atoms with Gasteiger partial charge < -0.3 is 10.6 Å². The average Bonchev–Trinajstić information content (AvgIpc) is 2.41. The predicted octanol–water partition coefficient (Wildman–Crippen LogP) is 4.06. The number of anilines is 2. The van der Waals surface area contributed by atoms with Crippen molar-refractivity contribution in [2.24, 2.45) is 0 Å². The molecule has 2 nitrogen and oxygen atoms in total. The quantitative estimate of drug-likeness (QED) is 0.810. The summed E-state index contributed by atoms with van der Waals surface area (Å²) >= 11 is 5.76. The van der Waals surface area contributed by atoms with Crippen LogP contribution < -0.4 is 10.6 Å². The molecule has 1 atom stereocenters. The van der Waals surface area contributed by atoms with Crippen molar-refractivity contribution >= 4 is 23.0 Å². The van der Waals surface area contributed by atoms with E-state index in [2.05, 4.69) is 22.8 Å². The van der Waals surface area contributed by atoms with E-state index in [1.165, 1.54) is 11.6 Å². The summed E-state index contributed by atoms with van der Waals surface area (Å²) in [6.45, 7) is 0.749. The number of fused-ring (bicyclic) bond motifs is 1. The van der Waals surface area contributed by atoms with E-state index in [0.717, 1.165) is 17.9 Å². The molecule has 1 aliphatic heterocycles. The lowest BCUT2D eigenvalue weighted by Crippen LogP contribution is -2.25. The molecule has 4 heteroatoms. The Kier molecular flexibility index (Phi) is 2.84. The zero-order valence-corrected chi connectivity index (χ0v) is 10.3. The molecule has 0 aromatic heterocycles. The van der Waals surface area contributed by atoms with E-state index >= 15 is 0 Å². The first-order valence-electron chi connectivity index (χ1n) is 5.78. The summed E-state index contributed by atoms with van der Waals surface area (Å²) in [5.74, 6) is -0.404. The average molecular weight is 263 g/mol. The second-order valence-electron chi connectivity index (χ2n) is 4.30. The number of hydrogen-bond donors (Lipinski definition) is 2. The van der Waals surface area contributed by atoms with Gasteiger partial charge in [0, 0.05) is 12.6 Å². The smallest absolute Gasteiger partial charge is 0.143 e. The van der Waals surface area contributed by atoms with Gasteiger partial charge in [-0.3, -0.25) is 0 Å². The Morgan fingerprint density at radius 3 is 2.67 bits per heavy atom. The highest BCUT2D eigenvalue weighted by Crippen LogP contribution is 2.34. The number of halogens is 2. The normalized spacial score (nSPS) is 17.6. The van der Waals surface area contributed by atoms with Crippen molar-refractivity contribution in [3.63, 3.8) is 0 Å². The van der Waals surface area contributed by atoms with E-state index in [9.17, 15) is 4.39 Å². The molecule has 0 saturated heterocycles. The van der Waals surface area contributed by atoms with Crippen LogP contribution in [-0.4, -0.2) is 6.54 Å². The van der Waals surface area contributed by atoms with Crippen LogP contribution in [0.3, 0.4) is 0 Å². The van der Waals surface area contributed by atoms with Gasteiger partial charge >= 0.3 is 0 Å². The molecule has 0 radical (unpaired) electrons. The van der Waals surface area contributed by atoms with E-state index in [0.29, 0.717) is 0 Å². The standard InChI is InChI=1S/C14H12ClFN2/c15-10-6-12-13(7-11(10)16)18-14(8-17-12)9-4-2-1-3-5-9/h1-7,14,17-18H,8H2. The maximum absolute atomic E-state index is 13.4. The highest BCUT2D eigenvalue weighted by molar-refractivity contribution is 6.31. The molecule has 0 aliphatic carbocycles. The van der Waals surface area contributed by atoms with Gasteiger partial charge in [0.05, 0.1) is 22.4 Å². The van der Waals surface area contributed by atoms with Crippen molar-refractivity contribution in [2.45, 2.75) is 6.04 Å². The van der Waals surface area contributed by atoms with Gasteiger partial charge in [-0.2, -0.15) is 0 Å². The maximum atomic E-state index is 13.4. The van der Waals surface area contributed by atoms with E-state index in [-0.39, 0.29) is 11.1 Å². The van der Waals surface area contributed by atoms with Gasteiger partial charge in [-0.25, -0.2) is 4.39 Å². The van der Waals surface area contributed by atoms with Crippen LogP contribution in [-0.2, 0) is 0 Å². The third kappa shape index (κ3) is 2.02. The zero-order valence-electron chi connectivity index (χ0n) is 9.58. The van der Waals surface area contributed by atoms with E-state index in [4.69, 9.17) is 11.6 Å². The predicted molar refractivity (Wildman–Crippen MR) is 72.7 cm³/mol. The van der Waals surface area contributed by atoms with Crippen LogP contribution in [0.15, 0.2) is 42.5 Å². The summed E-state index contributed by atoms with van der Waals surface area (Å²) in [6, 6.07) is 13.3. The highest BCUT2D eigenvalue weighted by atomic mass is 35.5. The number of benzene rings is 2. The summed E-state index contributed by atoms with van der Waals surface area (Å²) < 4.78 is 13.4. The molecule has 3 rings (SSSR count). The maximum Gasteiger partial charge on any atom is 0.143 e. The lowest BCUT2D eigenvalue weighted by Gasteiger charge is -2.29. The first-order valence-corrected chi connectivity index (χ1v) is 6.16. The van der Waals surface area contributed by atoms with Crippen molar-refractivity contribution < 1.29 is 4.39 Å². The molecular weight excluding hydrogens is 251 g/mol. The zero-order chi connectivity index (χ0) is 12.5. The topological polar surface area (TPSA) is 24.1 Å². The summed E-state index contributed by atoms with van der Waals surface area (Å²) in [4.78, 5) is 0. The molecule has 18 heavy (non-hydrogen) atoms. The fraction of sp³-hybridized carbons (Fsp3) is 0.143. The van der Waals surface area contributed by atoms with Gasteiger partial charge in [0.1, 0.15) is 5.82 Å². The fourth-order valence-electron chi connectivity index (χ4n) is 2.15. The van der Waals surface area contributed by atoms with Crippen LogP contribution in [0.1, 0.15) is 11.6 Å². The number of hydrogen-bond acceptors (Lipinski definition) is 2. The van der Waals surface area contributed by atoms with Crippen LogP contribution in [0.4, 0.5) is 15.8 Å². The summed E-state index contributed by atoms with van der Waals surface area (Å²) in [7, 11) is 0. The Morgan fingerprint density at radius 2 is 1.89 bits per heavy atom. The van der Waals surface area contributed by atoms with Crippen molar-refractivity contribution in [2.75, 3.05) is 17.2 Å². The second kappa shape index (κ2) is 4.50. The first-order chi connectivity index (χ1) is 8.74. The van der Waals surface area contributed by atoms with Gasteiger partial charge in [-0.15, -0.1) is 0 Å². The first kappa shape index (κ1) is 11.4. The van der Waals surface area contributed by atoms with Crippen molar-refractivity contribution in [3.05, 3.63) is 58.9 Å². The van der Waals surface area contributed by atoms with Gasteiger partial charge in [0.15, 0.2) is 0 Å². The Morgan fingerprint density at radius 1 is 1.11 bits per heavy atom. The second-order valence-corrected chi connectivity index (χ2v) is 4.71. The minimum atomic E-state index is -0.404. The van der Waals surface area contributed by atoms with Crippen LogP contribution in [0.25, 0.3) is 0 Å². The summed E-state index contributed by atoms with van der Waals surface area (Å²) in [5.41, 5.74) is 2.76. The Labute approximate surface area is 110 Å². The van der Waals surface area contributed by atoms with Crippen LogP contribution in [0.2, 0.25) is 5.02 Å². The third-order valence-corrected chi connectivity index (χ3v) is 3.38. The molecule has 0 fully saturated rings. The highest BCUT2D eigenvalue weighted by Gasteiger charge is 2.19. The van der Waals surface area contributed by atoms with Gasteiger partial charge in [-0.1, -0.05) is 41.9 Å². The van der Waals surface area contributed by atoms with Gasteiger partial charge in [0.25, 0.3) is 0 Å². The van der Waals surface area contributed by atoms with E-state index < -0.39 is 5.82 Å². The number of nitrogens with one attached hydrogen (secondary N) is 2. The molecule has 2 aromatic carbocycles. The largest absolute Gasteiger partial charge is 0.381 e. The number of rotatable bonds is 1. The Bertz CT molecular complexity index is 572. The van der Waals surface area contributed by atoms with Crippen LogP contribution in [0.5, 0.6) is 0 Å². The minimum Gasteiger partial charge on any atom is -0.381 e. The lowest BCUT2D eigenvalue weighted by molar-refractivity contribution is 0.627. The molecule has 1 unspecified atom stereocenters. The SMILES string of the molecule is Fc1cc2c(cc1Cl)NCC(c1ccccc1)N2. The molecule has 1 heterocycles. The fourth-order valence-corrected chi connectivity index (χ4v) is 2.31. The minimum absolute atomic E-state index is 0.138. The summed E-state index contributed by atoms with van der Waals surface area (Å²) in [5, 5.41) is 6.73. The van der Waals surface area contributed by atoms with E-state index in [1.54, 1.807) is 6.07 Å².